The van der Waals surface area contributed by atoms with Gasteiger partial charge in [0.25, 0.3) is 0 Å². The Morgan fingerprint density at radius 1 is 1.21 bits per heavy atom. The average molecular weight is 373 g/mol. The van der Waals surface area contributed by atoms with Gasteiger partial charge in [-0.15, -0.1) is 11.6 Å². The van der Waals surface area contributed by atoms with Crippen LogP contribution in [0, 0.1) is 0 Å². The summed E-state index contributed by atoms with van der Waals surface area (Å²) in [5.74, 6) is -1.24. The number of rotatable bonds is 4. The maximum atomic E-state index is 12.7. The van der Waals surface area contributed by atoms with Crippen molar-refractivity contribution >= 4 is 38.6 Å². The standard InChI is InChI=1S/C15H17ClN2O5S/c16-7-6-14(19)18-12-5-4-11(10-13(12)23-15(18)20)24(21,22)17-8-2-1-3-9-17/h4-5,10H,1-3,6-9H2. The van der Waals surface area contributed by atoms with Crippen LogP contribution in [0.4, 0.5) is 0 Å². The molecule has 0 bridgehead atoms. The van der Waals surface area contributed by atoms with Gasteiger partial charge in [0.05, 0.1) is 10.4 Å². The van der Waals surface area contributed by atoms with Gasteiger partial charge in [-0.3, -0.25) is 4.79 Å². The molecule has 0 amide bonds. The minimum atomic E-state index is -3.63. The zero-order valence-electron chi connectivity index (χ0n) is 12.9. The Morgan fingerprint density at radius 2 is 1.92 bits per heavy atom. The summed E-state index contributed by atoms with van der Waals surface area (Å²) in [4.78, 5) is 23.9. The maximum absolute atomic E-state index is 12.7. The molecule has 1 aromatic carbocycles. The van der Waals surface area contributed by atoms with Crippen molar-refractivity contribution in [2.24, 2.45) is 0 Å². The molecule has 1 saturated heterocycles. The van der Waals surface area contributed by atoms with Crippen molar-refractivity contribution in [1.29, 1.82) is 0 Å². The molecule has 1 fully saturated rings. The molecular weight excluding hydrogens is 356 g/mol. The van der Waals surface area contributed by atoms with Crippen LogP contribution in [0.5, 0.6) is 0 Å². The summed E-state index contributed by atoms with van der Waals surface area (Å²) in [6.45, 7) is 0.971. The van der Waals surface area contributed by atoms with Crippen molar-refractivity contribution in [3.63, 3.8) is 0 Å². The van der Waals surface area contributed by atoms with Crippen LogP contribution in [0.2, 0.25) is 0 Å². The molecule has 2 heterocycles. The van der Waals surface area contributed by atoms with E-state index >= 15 is 0 Å². The molecule has 7 nitrogen and oxygen atoms in total. The van der Waals surface area contributed by atoms with Crippen molar-refractivity contribution < 1.29 is 17.6 Å². The predicted octanol–water partition coefficient (Wildman–Crippen LogP) is 2.04. The lowest BCUT2D eigenvalue weighted by Crippen LogP contribution is -2.35. The Labute approximate surface area is 143 Å². The number of fused-ring (bicyclic) bond motifs is 1. The SMILES string of the molecule is O=C(CCCl)n1c(=O)oc2cc(S(=O)(=O)N3CCCCC3)ccc21. The molecule has 0 atom stereocenters. The Bertz CT molecular complexity index is 925. The van der Waals surface area contributed by atoms with Gasteiger partial charge in [0.2, 0.25) is 15.9 Å². The molecule has 1 aliphatic rings. The van der Waals surface area contributed by atoms with Gasteiger partial charge < -0.3 is 4.42 Å². The van der Waals surface area contributed by atoms with Crippen LogP contribution < -0.4 is 5.76 Å². The molecule has 0 spiro atoms. The zero-order valence-corrected chi connectivity index (χ0v) is 14.5. The van der Waals surface area contributed by atoms with Gasteiger partial charge in [-0.25, -0.2) is 17.8 Å². The van der Waals surface area contributed by atoms with Crippen LogP contribution in [-0.4, -0.2) is 42.2 Å². The average Bonchev–Trinajstić information content (AvgIpc) is 2.90. The van der Waals surface area contributed by atoms with E-state index in [-0.39, 0.29) is 28.3 Å². The molecule has 130 valence electrons. The first-order valence-corrected chi connectivity index (χ1v) is 9.67. The first-order chi connectivity index (χ1) is 11.4. The van der Waals surface area contributed by atoms with Crippen molar-refractivity contribution in [2.45, 2.75) is 30.6 Å². The van der Waals surface area contributed by atoms with Crippen LogP contribution in [0.1, 0.15) is 30.5 Å². The number of halogens is 1. The number of carbonyl (C=O) groups is 1. The second-order valence-electron chi connectivity index (χ2n) is 5.63. The summed E-state index contributed by atoms with van der Waals surface area (Å²) in [7, 11) is -3.63. The number of alkyl halides is 1. The number of sulfonamides is 1. The number of oxazole rings is 1. The van der Waals surface area contributed by atoms with Gasteiger partial charge in [-0.1, -0.05) is 6.42 Å². The van der Waals surface area contributed by atoms with E-state index in [1.165, 1.54) is 22.5 Å². The lowest BCUT2D eigenvalue weighted by Gasteiger charge is -2.25. The molecule has 2 aromatic rings. The van der Waals surface area contributed by atoms with Gasteiger partial charge in [0.15, 0.2) is 5.58 Å². The van der Waals surface area contributed by atoms with E-state index in [1.807, 2.05) is 0 Å². The minimum Gasteiger partial charge on any atom is -0.407 e. The summed E-state index contributed by atoms with van der Waals surface area (Å²) >= 11 is 5.54. The lowest BCUT2D eigenvalue weighted by atomic mass is 10.2. The number of nitrogens with zero attached hydrogens (tertiary/aromatic N) is 2. The smallest absolute Gasteiger partial charge is 0.407 e. The zero-order chi connectivity index (χ0) is 17.3. The van der Waals surface area contributed by atoms with Crippen LogP contribution >= 0.6 is 11.6 Å². The second kappa shape index (κ2) is 6.70. The fourth-order valence-electron chi connectivity index (χ4n) is 2.84. The van der Waals surface area contributed by atoms with Gasteiger partial charge in [-0.2, -0.15) is 4.31 Å². The van der Waals surface area contributed by atoms with Crippen molar-refractivity contribution in [3.8, 4) is 0 Å². The van der Waals surface area contributed by atoms with Crippen LogP contribution in [0.15, 0.2) is 32.3 Å². The molecule has 0 N–H and O–H groups in total. The molecule has 1 aromatic heterocycles. The molecule has 9 heteroatoms. The van der Waals surface area contributed by atoms with Gasteiger partial charge in [0.1, 0.15) is 0 Å². The largest absolute Gasteiger partial charge is 0.426 e. The summed E-state index contributed by atoms with van der Waals surface area (Å²) in [6.07, 6.45) is 2.68. The van der Waals surface area contributed by atoms with Gasteiger partial charge in [-0.05, 0) is 25.0 Å². The van der Waals surface area contributed by atoms with Crippen LogP contribution in [0.3, 0.4) is 0 Å². The number of piperidine rings is 1. The van der Waals surface area contributed by atoms with Gasteiger partial charge >= 0.3 is 5.76 Å². The normalized spacial score (nSPS) is 16.5. The summed E-state index contributed by atoms with van der Waals surface area (Å²) in [6, 6.07) is 4.11. The molecule has 0 unspecified atom stereocenters. The second-order valence-corrected chi connectivity index (χ2v) is 7.95. The highest BCUT2D eigenvalue weighted by Crippen LogP contribution is 2.24. The van der Waals surface area contributed by atoms with Crippen LogP contribution in [-0.2, 0) is 10.0 Å². The van der Waals surface area contributed by atoms with Crippen molar-refractivity contribution in [1.82, 2.24) is 8.87 Å². The Morgan fingerprint density at radius 3 is 2.58 bits per heavy atom. The Balaban J connectivity index is 2.03. The van der Waals surface area contributed by atoms with E-state index in [4.69, 9.17) is 16.0 Å². The molecular formula is C15H17ClN2O5S. The van der Waals surface area contributed by atoms with E-state index < -0.39 is 21.7 Å². The highest BCUT2D eigenvalue weighted by Gasteiger charge is 2.27. The van der Waals surface area contributed by atoms with Crippen LogP contribution in [0.25, 0.3) is 11.1 Å². The van der Waals surface area contributed by atoms with E-state index in [9.17, 15) is 18.0 Å². The maximum Gasteiger partial charge on any atom is 0.426 e. The Hall–Kier alpha value is -1.64. The number of aromatic nitrogens is 1. The molecule has 0 radical (unpaired) electrons. The van der Waals surface area contributed by atoms with Crippen molar-refractivity contribution in [3.05, 3.63) is 28.7 Å². The third-order valence-corrected chi connectivity index (χ3v) is 6.15. The monoisotopic (exact) mass is 372 g/mol. The van der Waals surface area contributed by atoms with E-state index in [1.54, 1.807) is 0 Å². The fourth-order valence-corrected chi connectivity index (χ4v) is 4.54. The number of carbonyl (C=O) groups excluding carboxylic acids is 1. The summed E-state index contributed by atoms with van der Waals surface area (Å²) in [5, 5.41) is 0. The molecule has 0 aliphatic carbocycles. The summed E-state index contributed by atoms with van der Waals surface area (Å²) in [5.41, 5.74) is 0.314. The highest BCUT2D eigenvalue weighted by atomic mass is 35.5. The van der Waals surface area contributed by atoms with Gasteiger partial charge in [0, 0.05) is 31.5 Å². The number of benzene rings is 1. The highest BCUT2D eigenvalue weighted by molar-refractivity contribution is 7.89. The lowest BCUT2D eigenvalue weighted by molar-refractivity contribution is 0.0906. The minimum absolute atomic E-state index is 0.01000. The number of hydrogen-bond donors (Lipinski definition) is 0. The molecule has 24 heavy (non-hydrogen) atoms. The topological polar surface area (TPSA) is 89.6 Å². The molecule has 0 saturated carbocycles. The van der Waals surface area contributed by atoms with E-state index in [2.05, 4.69) is 0 Å². The van der Waals surface area contributed by atoms with E-state index in [0.717, 1.165) is 23.8 Å². The first-order valence-electron chi connectivity index (χ1n) is 7.70. The molecule has 1 aliphatic heterocycles. The first kappa shape index (κ1) is 17.2. The third kappa shape index (κ3) is 3.01. The quantitative estimate of drug-likeness (QED) is 0.766. The summed E-state index contributed by atoms with van der Waals surface area (Å²) < 4.78 is 32.7. The predicted molar refractivity (Wildman–Crippen MR) is 89.0 cm³/mol. The third-order valence-electron chi connectivity index (χ3n) is 4.06. The fraction of sp³-hybridized carbons (Fsp3) is 0.467. The van der Waals surface area contributed by atoms with E-state index in [0.29, 0.717) is 13.1 Å². The molecule has 3 rings (SSSR count). The van der Waals surface area contributed by atoms with Crippen molar-refractivity contribution in [2.75, 3.05) is 19.0 Å². The number of hydrogen-bond acceptors (Lipinski definition) is 5. The Kier molecular flexibility index (Phi) is 4.80.